The van der Waals surface area contributed by atoms with E-state index >= 15 is 0 Å². The molecule has 0 aliphatic rings. The average molecular weight is 319 g/mol. The molecule has 0 spiro atoms. The van der Waals surface area contributed by atoms with Crippen molar-refractivity contribution >= 4 is 17.9 Å². The fourth-order valence-corrected chi connectivity index (χ4v) is 1.56. The number of halogens is 3. The Bertz CT molecular complexity index is 624. The van der Waals surface area contributed by atoms with Gasteiger partial charge in [0.1, 0.15) is 11.3 Å². The molecular formula is C11H12F3N5O3. The van der Waals surface area contributed by atoms with Crippen molar-refractivity contribution < 1.29 is 22.8 Å². The SMILES string of the molecule is CCOc1cc(C=NN=C(N)N)c([N+](=O)[O-])c(C(F)(F)F)c1. The van der Waals surface area contributed by atoms with Crippen LogP contribution in [0.3, 0.4) is 0 Å². The lowest BCUT2D eigenvalue weighted by Crippen LogP contribution is -2.21. The molecule has 0 aromatic heterocycles. The van der Waals surface area contributed by atoms with E-state index in [9.17, 15) is 23.3 Å². The fraction of sp³-hybridized carbons (Fsp3) is 0.273. The van der Waals surface area contributed by atoms with Crippen LogP contribution in [-0.4, -0.2) is 23.7 Å². The quantitative estimate of drug-likeness (QED) is 0.369. The Morgan fingerprint density at radius 2 is 2.09 bits per heavy atom. The fourth-order valence-electron chi connectivity index (χ4n) is 1.56. The summed E-state index contributed by atoms with van der Waals surface area (Å²) >= 11 is 0. The van der Waals surface area contributed by atoms with E-state index in [0.29, 0.717) is 6.07 Å². The standard InChI is InChI=1S/C11H12F3N5O3/c1-2-22-7-3-6(5-17-18-10(15)16)9(19(20)21)8(4-7)11(12,13)14/h3-5H,2H2,1H3,(H4,15,16,18). The van der Waals surface area contributed by atoms with Crippen molar-refractivity contribution in [3.05, 3.63) is 33.4 Å². The number of benzene rings is 1. The van der Waals surface area contributed by atoms with Gasteiger partial charge in [-0.15, -0.1) is 5.10 Å². The second kappa shape index (κ2) is 6.74. The van der Waals surface area contributed by atoms with Crippen LogP contribution in [0.2, 0.25) is 0 Å². The summed E-state index contributed by atoms with van der Waals surface area (Å²) in [6.07, 6.45) is -4.19. The molecule has 0 aliphatic carbocycles. The van der Waals surface area contributed by atoms with E-state index in [2.05, 4.69) is 10.2 Å². The summed E-state index contributed by atoms with van der Waals surface area (Å²) < 4.78 is 43.9. The normalized spacial score (nSPS) is 11.5. The maximum Gasteiger partial charge on any atom is 0.423 e. The lowest BCUT2D eigenvalue weighted by atomic mass is 10.1. The Morgan fingerprint density at radius 1 is 1.45 bits per heavy atom. The maximum absolute atomic E-state index is 13.0. The van der Waals surface area contributed by atoms with Gasteiger partial charge in [0.2, 0.25) is 5.96 Å². The average Bonchev–Trinajstić information content (AvgIpc) is 2.36. The first-order valence-electron chi connectivity index (χ1n) is 5.81. The van der Waals surface area contributed by atoms with Gasteiger partial charge < -0.3 is 16.2 Å². The van der Waals surface area contributed by atoms with Crippen molar-refractivity contribution in [2.24, 2.45) is 21.7 Å². The van der Waals surface area contributed by atoms with Gasteiger partial charge >= 0.3 is 6.18 Å². The minimum Gasteiger partial charge on any atom is -0.494 e. The third-order valence-electron chi connectivity index (χ3n) is 2.28. The minimum atomic E-state index is -4.94. The van der Waals surface area contributed by atoms with Gasteiger partial charge in [-0.1, -0.05) is 0 Å². The molecule has 4 N–H and O–H groups in total. The van der Waals surface area contributed by atoms with Crippen molar-refractivity contribution in [1.82, 2.24) is 0 Å². The summed E-state index contributed by atoms with van der Waals surface area (Å²) in [4.78, 5) is 9.82. The summed E-state index contributed by atoms with van der Waals surface area (Å²) in [6.45, 7) is 1.64. The lowest BCUT2D eigenvalue weighted by molar-refractivity contribution is -0.388. The van der Waals surface area contributed by atoms with E-state index in [0.717, 1.165) is 12.3 Å². The van der Waals surface area contributed by atoms with Crippen LogP contribution in [0.4, 0.5) is 18.9 Å². The van der Waals surface area contributed by atoms with Crippen LogP contribution in [0.5, 0.6) is 5.75 Å². The highest BCUT2D eigenvalue weighted by atomic mass is 19.4. The van der Waals surface area contributed by atoms with Crippen molar-refractivity contribution in [1.29, 1.82) is 0 Å². The second-order valence-corrected chi connectivity index (χ2v) is 3.87. The van der Waals surface area contributed by atoms with Crippen LogP contribution in [0, 0.1) is 10.1 Å². The molecule has 0 aliphatic heterocycles. The number of nitrogens with two attached hydrogens (primary N) is 2. The first-order chi connectivity index (χ1) is 10.2. The first-order valence-corrected chi connectivity index (χ1v) is 5.81. The van der Waals surface area contributed by atoms with E-state index in [1.165, 1.54) is 0 Å². The zero-order valence-electron chi connectivity index (χ0n) is 11.3. The number of ether oxygens (including phenoxy) is 1. The molecule has 0 amide bonds. The van der Waals surface area contributed by atoms with Crippen molar-refractivity contribution in [3.8, 4) is 5.75 Å². The van der Waals surface area contributed by atoms with Crippen LogP contribution < -0.4 is 16.2 Å². The molecule has 0 unspecified atom stereocenters. The molecule has 1 aromatic rings. The molecule has 0 radical (unpaired) electrons. The molecule has 11 heteroatoms. The number of nitro benzene ring substituents is 1. The van der Waals surface area contributed by atoms with Crippen molar-refractivity contribution in [2.45, 2.75) is 13.1 Å². The Balaban J connectivity index is 3.56. The number of alkyl halides is 3. The molecule has 0 fully saturated rings. The largest absolute Gasteiger partial charge is 0.494 e. The summed E-state index contributed by atoms with van der Waals surface area (Å²) in [7, 11) is 0. The van der Waals surface area contributed by atoms with Crippen LogP contribution in [0.1, 0.15) is 18.1 Å². The summed E-state index contributed by atoms with van der Waals surface area (Å²) in [5.74, 6) is -0.637. The molecular weight excluding hydrogens is 307 g/mol. The monoisotopic (exact) mass is 319 g/mol. The van der Waals surface area contributed by atoms with Gasteiger partial charge in [-0.25, -0.2) is 0 Å². The molecule has 1 aromatic carbocycles. The summed E-state index contributed by atoms with van der Waals surface area (Å²) in [6, 6.07) is 1.60. The molecule has 0 heterocycles. The smallest absolute Gasteiger partial charge is 0.423 e. The van der Waals surface area contributed by atoms with Crippen LogP contribution in [0.25, 0.3) is 0 Å². The number of guanidine groups is 1. The maximum atomic E-state index is 13.0. The molecule has 22 heavy (non-hydrogen) atoms. The number of hydrogen-bond acceptors (Lipinski definition) is 5. The van der Waals surface area contributed by atoms with Crippen LogP contribution in [-0.2, 0) is 6.18 Å². The predicted octanol–water partition coefficient (Wildman–Crippen LogP) is 1.62. The molecule has 0 saturated heterocycles. The third-order valence-corrected chi connectivity index (χ3v) is 2.28. The van der Waals surface area contributed by atoms with Crippen LogP contribution >= 0.6 is 0 Å². The zero-order valence-corrected chi connectivity index (χ0v) is 11.3. The van der Waals surface area contributed by atoms with E-state index in [-0.39, 0.29) is 12.4 Å². The zero-order chi connectivity index (χ0) is 16.9. The highest BCUT2D eigenvalue weighted by Gasteiger charge is 2.40. The molecule has 120 valence electrons. The highest BCUT2D eigenvalue weighted by molar-refractivity contribution is 5.88. The molecule has 1 rings (SSSR count). The van der Waals surface area contributed by atoms with Gasteiger partial charge in [0.15, 0.2) is 0 Å². The van der Waals surface area contributed by atoms with E-state index < -0.39 is 33.9 Å². The number of rotatable bonds is 5. The van der Waals surface area contributed by atoms with Gasteiger partial charge in [-0.3, -0.25) is 10.1 Å². The lowest BCUT2D eigenvalue weighted by Gasteiger charge is -2.12. The second-order valence-electron chi connectivity index (χ2n) is 3.87. The van der Waals surface area contributed by atoms with Crippen molar-refractivity contribution in [2.75, 3.05) is 6.61 Å². The Hall–Kier alpha value is -2.85. The third kappa shape index (κ3) is 4.33. The Morgan fingerprint density at radius 3 is 2.55 bits per heavy atom. The summed E-state index contributed by atoms with van der Waals surface area (Å²) in [5, 5.41) is 17.5. The Labute approximate surface area is 122 Å². The predicted molar refractivity (Wildman–Crippen MR) is 72.7 cm³/mol. The van der Waals surface area contributed by atoms with E-state index in [1.807, 2.05) is 0 Å². The number of nitro groups is 1. The molecule has 8 nitrogen and oxygen atoms in total. The number of hydrogen-bond donors (Lipinski definition) is 2. The first kappa shape index (κ1) is 17.2. The number of nitrogens with zero attached hydrogens (tertiary/aromatic N) is 3. The van der Waals surface area contributed by atoms with Gasteiger partial charge in [0, 0.05) is 0 Å². The van der Waals surface area contributed by atoms with E-state index in [1.54, 1.807) is 6.92 Å². The minimum absolute atomic E-state index is 0.0829. The highest BCUT2D eigenvalue weighted by Crippen LogP contribution is 2.40. The van der Waals surface area contributed by atoms with Crippen molar-refractivity contribution in [3.63, 3.8) is 0 Å². The van der Waals surface area contributed by atoms with Gasteiger partial charge in [-0.2, -0.15) is 18.3 Å². The van der Waals surface area contributed by atoms with Crippen LogP contribution in [0.15, 0.2) is 22.3 Å². The van der Waals surface area contributed by atoms with Gasteiger partial charge in [0.05, 0.1) is 23.3 Å². The van der Waals surface area contributed by atoms with Gasteiger partial charge in [0.25, 0.3) is 5.69 Å². The van der Waals surface area contributed by atoms with E-state index in [4.69, 9.17) is 16.2 Å². The Kier molecular flexibility index (Phi) is 5.27. The van der Waals surface area contributed by atoms with Gasteiger partial charge in [-0.05, 0) is 19.1 Å². The summed E-state index contributed by atoms with van der Waals surface area (Å²) in [5.41, 5.74) is 6.97. The molecule has 0 bridgehead atoms. The topological polar surface area (TPSA) is 129 Å². The molecule has 0 saturated carbocycles. The molecule has 0 atom stereocenters.